The van der Waals surface area contributed by atoms with Gasteiger partial charge in [0, 0.05) is 13.7 Å². The number of halogens is 1. The summed E-state index contributed by atoms with van der Waals surface area (Å²) in [6.07, 6.45) is 1.68. The molecule has 0 spiro atoms. The minimum Gasteiger partial charge on any atom is -0.383 e. The SMILES string of the molecule is COCCn1ncc(NCC(C)(C)C(C)C)c(Br)c1=O. The second-order valence-electron chi connectivity index (χ2n) is 5.89. The monoisotopic (exact) mass is 345 g/mol. The van der Waals surface area contributed by atoms with Gasteiger partial charge in [0.2, 0.25) is 0 Å². The maximum atomic E-state index is 12.1. The zero-order valence-corrected chi connectivity index (χ0v) is 14.5. The number of methoxy groups -OCH3 is 1. The van der Waals surface area contributed by atoms with E-state index in [0.29, 0.717) is 23.5 Å². The van der Waals surface area contributed by atoms with Crippen LogP contribution in [0.3, 0.4) is 0 Å². The van der Waals surface area contributed by atoms with Crippen LogP contribution in [0.15, 0.2) is 15.5 Å². The van der Waals surface area contributed by atoms with Gasteiger partial charge in [-0.05, 0) is 27.3 Å². The van der Waals surface area contributed by atoms with Crippen molar-refractivity contribution >= 4 is 21.6 Å². The standard InChI is InChI=1S/C14H24BrN3O2/c1-10(2)14(3,4)9-16-11-8-17-18(6-7-20-5)13(19)12(11)15/h8,10,16H,6-7,9H2,1-5H3. The maximum Gasteiger partial charge on any atom is 0.283 e. The number of rotatable bonds is 7. The van der Waals surface area contributed by atoms with Gasteiger partial charge < -0.3 is 10.1 Å². The number of hydrogen-bond acceptors (Lipinski definition) is 4. The Bertz CT molecular complexity index is 498. The smallest absolute Gasteiger partial charge is 0.283 e. The minimum atomic E-state index is -0.144. The maximum absolute atomic E-state index is 12.1. The Morgan fingerprint density at radius 3 is 2.70 bits per heavy atom. The summed E-state index contributed by atoms with van der Waals surface area (Å²) in [6.45, 7) is 10.5. The quantitative estimate of drug-likeness (QED) is 0.825. The topological polar surface area (TPSA) is 56.1 Å². The highest BCUT2D eigenvalue weighted by Crippen LogP contribution is 2.27. The molecule has 1 aromatic heterocycles. The highest BCUT2D eigenvalue weighted by molar-refractivity contribution is 9.10. The number of hydrogen-bond donors (Lipinski definition) is 1. The largest absolute Gasteiger partial charge is 0.383 e. The first-order chi connectivity index (χ1) is 9.29. The lowest BCUT2D eigenvalue weighted by Crippen LogP contribution is -2.30. The third-order valence-electron chi connectivity index (χ3n) is 3.79. The van der Waals surface area contributed by atoms with E-state index in [-0.39, 0.29) is 11.0 Å². The predicted octanol–water partition coefficient (Wildman–Crippen LogP) is 2.75. The molecule has 0 aliphatic heterocycles. The van der Waals surface area contributed by atoms with Crippen molar-refractivity contribution in [3.8, 4) is 0 Å². The molecule has 1 aromatic rings. The number of nitrogens with zero attached hydrogens (tertiary/aromatic N) is 2. The number of anilines is 1. The predicted molar refractivity (Wildman–Crippen MR) is 85.2 cm³/mol. The molecule has 1 heterocycles. The first kappa shape index (κ1) is 17.2. The van der Waals surface area contributed by atoms with Crippen molar-refractivity contribution in [2.45, 2.75) is 34.2 Å². The van der Waals surface area contributed by atoms with E-state index in [2.05, 4.69) is 54.0 Å². The average molecular weight is 346 g/mol. The van der Waals surface area contributed by atoms with Crippen LogP contribution in [0.1, 0.15) is 27.7 Å². The Labute approximate surface area is 128 Å². The first-order valence-electron chi connectivity index (χ1n) is 6.78. The molecular formula is C14H24BrN3O2. The highest BCUT2D eigenvalue weighted by Gasteiger charge is 2.22. The zero-order valence-electron chi connectivity index (χ0n) is 12.9. The number of nitrogens with one attached hydrogen (secondary N) is 1. The second kappa shape index (κ2) is 7.22. The van der Waals surface area contributed by atoms with Crippen molar-refractivity contribution in [3.05, 3.63) is 21.0 Å². The molecule has 0 aliphatic rings. The van der Waals surface area contributed by atoms with E-state index in [1.54, 1.807) is 13.3 Å². The molecule has 0 aromatic carbocycles. The lowest BCUT2D eigenvalue weighted by atomic mass is 9.81. The second-order valence-corrected chi connectivity index (χ2v) is 6.68. The van der Waals surface area contributed by atoms with E-state index in [0.717, 1.165) is 12.2 Å². The summed E-state index contributed by atoms with van der Waals surface area (Å²) in [5, 5.41) is 7.46. The molecule has 6 heteroatoms. The molecule has 0 saturated heterocycles. The average Bonchev–Trinajstić information content (AvgIpc) is 2.39. The van der Waals surface area contributed by atoms with Gasteiger partial charge in [-0.3, -0.25) is 4.79 Å². The van der Waals surface area contributed by atoms with Crippen molar-refractivity contribution in [2.24, 2.45) is 11.3 Å². The van der Waals surface area contributed by atoms with Crippen LogP contribution in [0.25, 0.3) is 0 Å². The minimum absolute atomic E-state index is 0.143. The third-order valence-corrected chi connectivity index (χ3v) is 4.56. The Morgan fingerprint density at radius 1 is 1.50 bits per heavy atom. The molecule has 1 rings (SSSR count). The van der Waals surface area contributed by atoms with Crippen molar-refractivity contribution < 1.29 is 4.74 Å². The Hall–Kier alpha value is -0.880. The summed E-state index contributed by atoms with van der Waals surface area (Å²) >= 11 is 3.35. The third kappa shape index (κ3) is 4.31. The lowest BCUT2D eigenvalue weighted by Gasteiger charge is -2.30. The summed E-state index contributed by atoms with van der Waals surface area (Å²) in [4.78, 5) is 12.1. The highest BCUT2D eigenvalue weighted by atomic mass is 79.9. The van der Waals surface area contributed by atoms with Gasteiger partial charge in [0.25, 0.3) is 5.56 Å². The summed E-state index contributed by atoms with van der Waals surface area (Å²) in [5.74, 6) is 0.545. The fourth-order valence-corrected chi connectivity index (χ4v) is 1.90. The Morgan fingerprint density at radius 2 is 2.15 bits per heavy atom. The van der Waals surface area contributed by atoms with E-state index in [9.17, 15) is 4.79 Å². The zero-order chi connectivity index (χ0) is 15.3. The molecule has 0 bridgehead atoms. The van der Waals surface area contributed by atoms with E-state index in [4.69, 9.17) is 4.74 Å². The molecule has 0 atom stereocenters. The molecule has 1 N–H and O–H groups in total. The summed E-state index contributed by atoms with van der Waals surface area (Å²) < 4.78 is 6.87. The number of aromatic nitrogens is 2. The van der Waals surface area contributed by atoms with Gasteiger partial charge in [0.1, 0.15) is 4.47 Å². The van der Waals surface area contributed by atoms with Crippen LogP contribution in [-0.4, -0.2) is 30.0 Å². The van der Waals surface area contributed by atoms with Crippen LogP contribution in [0.4, 0.5) is 5.69 Å². The molecule has 20 heavy (non-hydrogen) atoms. The van der Waals surface area contributed by atoms with Crippen LogP contribution in [0, 0.1) is 11.3 Å². The fourth-order valence-electron chi connectivity index (χ4n) is 1.45. The van der Waals surface area contributed by atoms with Crippen molar-refractivity contribution in [2.75, 3.05) is 25.6 Å². The van der Waals surface area contributed by atoms with E-state index >= 15 is 0 Å². The Balaban J connectivity index is 2.83. The molecule has 0 amide bonds. The van der Waals surface area contributed by atoms with Crippen LogP contribution >= 0.6 is 15.9 Å². The van der Waals surface area contributed by atoms with Gasteiger partial charge in [-0.25, -0.2) is 4.68 Å². The first-order valence-corrected chi connectivity index (χ1v) is 7.57. The van der Waals surface area contributed by atoms with Crippen molar-refractivity contribution in [1.82, 2.24) is 9.78 Å². The van der Waals surface area contributed by atoms with Crippen LogP contribution in [0.5, 0.6) is 0 Å². The van der Waals surface area contributed by atoms with E-state index < -0.39 is 0 Å². The number of ether oxygens (including phenoxy) is 1. The lowest BCUT2D eigenvalue weighted by molar-refractivity contribution is 0.181. The molecule has 0 saturated carbocycles. The molecule has 0 unspecified atom stereocenters. The van der Waals surface area contributed by atoms with Gasteiger partial charge in [0.05, 0.1) is 25.0 Å². The molecule has 114 valence electrons. The molecule has 5 nitrogen and oxygen atoms in total. The van der Waals surface area contributed by atoms with E-state index in [1.807, 2.05) is 0 Å². The summed E-state index contributed by atoms with van der Waals surface area (Å²) in [7, 11) is 1.60. The normalized spacial score (nSPS) is 11.9. The fraction of sp³-hybridized carbons (Fsp3) is 0.714. The van der Waals surface area contributed by atoms with Gasteiger partial charge in [0.15, 0.2) is 0 Å². The van der Waals surface area contributed by atoms with Crippen molar-refractivity contribution in [1.29, 1.82) is 0 Å². The summed E-state index contributed by atoms with van der Waals surface area (Å²) in [6, 6.07) is 0. The molecule has 0 radical (unpaired) electrons. The molecule has 0 fully saturated rings. The van der Waals surface area contributed by atoms with Gasteiger partial charge >= 0.3 is 0 Å². The van der Waals surface area contributed by atoms with Crippen LogP contribution in [0.2, 0.25) is 0 Å². The van der Waals surface area contributed by atoms with E-state index in [1.165, 1.54) is 4.68 Å². The van der Waals surface area contributed by atoms with Crippen molar-refractivity contribution in [3.63, 3.8) is 0 Å². The molecular weight excluding hydrogens is 322 g/mol. The van der Waals surface area contributed by atoms with Crippen LogP contribution in [-0.2, 0) is 11.3 Å². The van der Waals surface area contributed by atoms with Gasteiger partial charge in [-0.2, -0.15) is 5.10 Å². The Kier molecular flexibility index (Phi) is 6.20. The van der Waals surface area contributed by atoms with Gasteiger partial charge in [-0.1, -0.05) is 27.7 Å². The van der Waals surface area contributed by atoms with Gasteiger partial charge in [-0.15, -0.1) is 0 Å². The summed E-state index contributed by atoms with van der Waals surface area (Å²) in [5.41, 5.74) is 0.733. The van der Waals surface area contributed by atoms with Crippen LogP contribution < -0.4 is 10.9 Å². The molecule has 0 aliphatic carbocycles.